The lowest BCUT2D eigenvalue weighted by molar-refractivity contribution is 0.244. The van der Waals surface area contributed by atoms with Crippen LogP contribution in [0.3, 0.4) is 0 Å². The molecule has 0 aliphatic rings. The third kappa shape index (κ3) is 3.26. The van der Waals surface area contributed by atoms with Gasteiger partial charge in [0.05, 0.1) is 4.90 Å². The van der Waals surface area contributed by atoms with Crippen molar-refractivity contribution in [2.45, 2.75) is 30.1 Å². The quantitative estimate of drug-likeness (QED) is 0.921. The molecule has 2 rings (SSSR count). The van der Waals surface area contributed by atoms with E-state index in [1.807, 2.05) is 36.4 Å². The number of hydrogen-bond donors (Lipinski definition) is 1. The van der Waals surface area contributed by atoms with Gasteiger partial charge < -0.3 is 5.11 Å². The molecular weight excluding hydrogens is 272 g/mol. The van der Waals surface area contributed by atoms with Crippen LogP contribution in [-0.4, -0.2) is 19.0 Å². The highest BCUT2D eigenvalue weighted by atomic mass is 32.2. The lowest BCUT2D eigenvalue weighted by atomic mass is 10.1. The molecule has 0 saturated heterocycles. The molecule has 0 aromatic heterocycles. The first kappa shape index (κ1) is 14.8. The first-order valence-corrected chi connectivity index (χ1v) is 8.13. The molecule has 20 heavy (non-hydrogen) atoms. The van der Waals surface area contributed by atoms with Crippen LogP contribution in [0, 0.1) is 0 Å². The molecule has 0 bridgehead atoms. The van der Waals surface area contributed by atoms with Gasteiger partial charge in [0.1, 0.15) is 0 Å². The Morgan fingerprint density at radius 2 is 1.65 bits per heavy atom. The van der Waals surface area contributed by atoms with Crippen molar-refractivity contribution in [1.29, 1.82) is 0 Å². The van der Waals surface area contributed by atoms with Gasteiger partial charge in [-0.05, 0) is 36.1 Å². The molecule has 3 nitrogen and oxygen atoms in total. The summed E-state index contributed by atoms with van der Waals surface area (Å²) in [5, 5.41) is 9.63. The summed E-state index contributed by atoms with van der Waals surface area (Å²) in [6, 6.07) is 16.6. The Kier molecular flexibility index (Phi) is 4.57. The van der Waals surface area contributed by atoms with Crippen LogP contribution in [0.1, 0.15) is 24.5 Å². The van der Waals surface area contributed by atoms with Crippen LogP contribution < -0.4 is 0 Å². The van der Waals surface area contributed by atoms with Gasteiger partial charge in [0.25, 0.3) is 0 Å². The van der Waals surface area contributed by atoms with Crippen molar-refractivity contribution in [3.05, 3.63) is 65.7 Å². The van der Waals surface area contributed by atoms with Gasteiger partial charge in [-0.25, -0.2) is 8.42 Å². The second-order valence-electron chi connectivity index (χ2n) is 4.72. The maximum atomic E-state index is 12.1. The number of sulfone groups is 1. The number of benzene rings is 2. The van der Waals surface area contributed by atoms with Crippen LogP contribution in [0.25, 0.3) is 0 Å². The summed E-state index contributed by atoms with van der Waals surface area (Å²) in [5.41, 5.74) is 0.702. The van der Waals surface area contributed by atoms with E-state index in [1.54, 1.807) is 19.1 Å². The van der Waals surface area contributed by atoms with Crippen molar-refractivity contribution in [1.82, 2.24) is 0 Å². The molecule has 1 atom stereocenters. The Morgan fingerprint density at radius 1 is 1.00 bits per heavy atom. The maximum Gasteiger partial charge on any atom is 0.204 e. The standard InChI is InChI=1S/C16H18O3S/c1-2-16(17)20(18,19)15-10-6-9-14(12-15)11-13-7-4-3-5-8-13/h3-10,12,16-17H,2,11H2,1H3. The van der Waals surface area contributed by atoms with Gasteiger partial charge in [-0.2, -0.15) is 0 Å². The zero-order valence-electron chi connectivity index (χ0n) is 11.4. The fourth-order valence-corrected chi connectivity index (χ4v) is 3.38. The minimum absolute atomic E-state index is 0.181. The molecule has 0 heterocycles. The average molecular weight is 290 g/mol. The summed E-state index contributed by atoms with van der Waals surface area (Å²) < 4.78 is 24.2. The monoisotopic (exact) mass is 290 g/mol. The van der Waals surface area contributed by atoms with Gasteiger partial charge in [0, 0.05) is 0 Å². The van der Waals surface area contributed by atoms with Crippen molar-refractivity contribution in [3.8, 4) is 0 Å². The molecule has 1 N–H and O–H groups in total. The average Bonchev–Trinajstić information content (AvgIpc) is 2.47. The molecule has 2 aromatic rings. The Balaban J connectivity index is 2.29. The van der Waals surface area contributed by atoms with E-state index < -0.39 is 15.3 Å². The summed E-state index contributed by atoms with van der Waals surface area (Å²) in [6.07, 6.45) is 0.859. The second kappa shape index (κ2) is 6.20. The molecule has 0 spiro atoms. The Bertz CT molecular complexity index is 663. The molecule has 1 unspecified atom stereocenters. The van der Waals surface area contributed by atoms with Crippen molar-refractivity contribution in [2.75, 3.05) is 0 Å². The van der Waals surface area contributed by atoms with E-state index in [4.69, 9.17) is 0 Å². The summed E-state index contributed by atoms with van der Waals surface area (Å²) in [4.78, 5) is 0.181. The maximum absolute atomic E-state index is 12.1. The lowest BCUT2D eigenvalue weighted by Crippen LogP contribution is -2.19. The van der Waals surface area contributed by atoms with Crippen molar-refractivity contribution < 1.29 is 13.5 Å². The van der Waals surface area contributed by atoms with E-state index >= 15 is 0 Å². The van der Waals surface area contributed by atoms with E-state index in [1.165, 1.54) is 6.07 Å². The molecule has 0 aliphatic heterocycles. The SMILES string of the molecule is CCC(O)S(=O)(=O)c1cccc(Cc2ccccc2)c1. The summed E-state index contributed by atoms with van der Waals surface area (Å²) in [5.74, 6) is 0. The van der Waals surface area contributed by atoms with Crippen LogP contribution in [0.4, 0.5) is 0 Å². The Hall–Kier alpha value is -1.65. The van der Waals surface area contributed by atoms with Gasteiger partial charge in [-0.3, -0.25) is 0 Å². The predicted molar refractivity (Wildman–Crippen MR) is 79.2 cm³/mol. The molecule has 0 saturated carbocycles. The molecule has 106 valence electrons. The van der Waals surface area contributed by atoms with Crippen LogP contribution in [0.5, 0.6) is 0 Å². The molecule has 0 aliphatic carbocycles. The highest BCUT2D eigenvalue weighted by Gasteiger charge is 2.23. The highest BCUT2D eigenvalue weighted by molar-refractivity contribution is 7.91. The fraction of sp³-hybridized carbons (Fsp3) is 0.250. The zero-order chi connectivity index (χ0) is 14.6. The predicted octanol–water partition coefficient (Wildman–Crippen LogP) is 2.78. The van der Waals surface area contributed by atoms with E-state index in [9.17, 15) is 13.5 Å². The summed E-state index contributed by atoms with van der Waals surface area (Å²) >= 11 is 0. The van der Waals surface area contributed by atoms with E-state index in [0.29, 0.717) is 6.42 Å². The van der Waals surface area contributed by atoms with E-state index in [-0.39, 0.29) is 11.3 Å². The van der Waals surface area contributed by atoms with Gasteiger partial charge in [-0.1, -0.05) is 49.4 Å². The number of aliphatic hydroxyl groups is 1. The topological polar surface area (TPSA) is 54.4 Å². The number of rotatable bonds is 5. The van der Waals surface area contributed by atoms with Crippen molar-refractivity contribution in [3.63, 3.8) is 0 Å². The minimum atomic E-state index is -3.65. The van der Waals surface area contributed by atoms with E-state index in [0.717, 1.165) is 11.1 Å². The van der Waals surface area contributed by atoms with Gasteiger partial charge in [0.2, 0.25) is 9.84 Å². The smallest absolute Gasteiger partial charge is 0.204 e. The molecular formula is C16H18O3S. The van der Waals surface area contributed by atoms with Crippen LogP contribution in [0.2, 0.25) is 0 Å². The molecule has 0 amide bonds. The number of aliphatic hydroxyl groups excluding tert-OH is 1. The molecule has 0 radical (unpaired) electrons. The summed E-state index contributed by atoms with van der Waals surface area (Å²) in [7, 11) is -3.65. The normalized spacial score (nSPS) is 13.1. The van der Waals surface area contributed by atoms with Gasteiger partial charge >= 0.3 is 0 Å². The minimum Gasteiger partial charge on any atom is -0.377 e. The second-order valence-corrected chi connectivity index (χ2v) is 6.82. The third-order valence-electron chi connectivity index (χ3n) is 3.19. The molecule has 4 heteroatoms. The first-order chi connectivity index (χ1) is 9.54. The Morgan fingerprint density at radius 3 is 2.30 bits per heavy atom. The molecule has 0 fully saturated rings. The fourth-order valence-electron chi connectivity index (χ4n) is 2.04. The highest BCUT2D eigenvalue weighted by Crippen LogP contribution is 2.19. The molecule has 2 aromatic carbocycles. The van der Waals surface area contributed by atoms with Gasteiger partial charge in [-0.15, -0.1) is 0 Å². The van der Waals surface area contributed by atoms with Crippen LogP contribution in [-0.2, 0) is 16.3 Å². The largest absolute Gasteiger partial charge is 0.377 e. The van der Waals surface area contributed by atoms with Crippen LogP contribution in [0.15, 0.2) is 59.5 Å². The zero-order valence-corrected chi connectivity index (χ0v) is 12.2. The number of hydrogen-bond acceptors (Lipinski definition) is 3. The lowest BCUT2D eigenvalue weighted by Gasteiger charge is -2.11. The van der Waals surface area contributed by atoms with Gasteiger partial charge in [0.15, 0.2) is 5.44 Å². The first-order valence-electron chi connectivity index (χ1n) is 6.59. The van der Waals surface area contributed by atoms with Crippen molar-refractivity contribution in [2.24, 2.45) is 0 Å². The Labute approximate surface area is 119 Å². The van der Waals surface area contributed by atoms with Crippen molar-refractivity contribution >= 4 is 9.84 Å². The van der Waals surface area contributed by atoms with Crippen LogP contribution >= 0.6 is 0 Å². The third-order valence-corrected chi connectivity index (χ3v) is 5.15. The summed E-state index contributed by atoms with van der Waals surface area (Å²) in [6.45, 7) is 1.65. The van der Waals surface area contributed by atoms with E-state index in [2.05, 4.69) is 0 Å².